The summed E-state index contributed by atoms with van der Waals surface area (Å²) >= 11 is 4.75. The van der Waals surface area contributed by atoms with Crippen LogP contribution in [0.4, 0.5) is 14.5 Å². The van der Waals surface area contributed by atoms with Gasteiger partial charge in [0, 0.05) is 65.8 Å². The van der Waals surface area contributed by atoms with Gasteiger partial charge in [-0.2, -0.15) is 5.10 Å². The van der Waals surface area contributed by atoms with Crippen molar-refractivity contribution in [1.82, 2.24) is 24.7 Å². The van der Waals surface area contributed by atoms with Crippen LogP contribution in [-0.4, -0.2) is 36.2 Å². The summed E-state index contributed by atoms with van der Waals surface area (Å²) in [7, 11) is 1.79. The maximum Gasteiger partial charge on any atom is 0.487 e. The number of hydrogen-bond acceptors (Lipinski definition) is 6. The van der Waals surface area contributed by atoms with Crippen LogP contribution < -0.4 is 10.1 Å². The zero-order chi connectivity index (χ0) is 22.7. The molecule has 0 atom stereocenters. The number of pyridine rings is 1. The number of rotatable bonds is 6. The Hall–Kier alpha value is -3.92. The van der Waals surface area contributed by atoms with Crippen LogP contribution in [0.15, 0.2) is 67.6 Å². The first kappa shape index (κ1) is 21.3. The van der Waals surface area contributed by atoms with E-state index in [1.54, 1.807) is 36.4 Å². The van der Waals surface area contributed by atoms with Crippen LogP contribution in [0, 0.1) is 0 Å². The predicted octanol–water partition coefficient (Wildman–Crippen LogP) is 4.36. The number of aromatic nitrogens is 5. The van der Waals surface area contributed by atoms with Crippen LogP contribution in [0.3, 0.4) is 0 Å². The first-order valence-electron chi connectivity index (χ1n) is 9.20. The minimum absolute atomic E-state index is 0.142. The Morgan fingerprint density at radius 1 is 1.09 bits per heavy atom. The van der Waals surface area contributed by atoms with Crippen molar-refractivity contribution in [3.05, 3.63) is 73.2 Å². The standard InChI is InChI=1S/C21H15ClF2N6O2/c1-30-11-15(10-28-30)19-18(14-7-25-12-26-8-14)6-13(9-27-19)20(31)29-16-2-4-17(5-3-16)32-21(22,23)24/h2-12H,1H3,(H,29,31). The summed E-state index contributed by atoms with van der Waals surface area (Å²) in [6, 6.07) is 7.04. The first-order valence-corrected chi connectivity index (χ1v) is 9.58. The van der Waals surface area contributed by atoms with E-state index >= 15 is 0 Å². The Bertz CT molecular complexity index is 1240. The van der Waals surface area contributed by atoms with Crippen molar-refractivity contribution in [3.63, 3.8) is 0 Å². The van der Waals surface area contributed by atoms with Crippen molar-refractivity contribution < 1.29 is 18.3 Å². The predicted molar refractivity (Wildman–Crippen MR) is 113 cm³/mol. The van der Waals surface area contributed by atoms with E-state index < -0.39 is 11.5 Å². The molecule has 32 heavy (non-hydrogen) atoms. The van der Waals surface area contributed by atoms with Crippen LogP contribution in [-0.2, 0) is 7.05 Å². The number of benzene rings is 1. The lowest BCUT2D eigenvalue weighted by atomic mass is 10.0. The van der Waals surface area contributed by atoms with Crippen molar-refractivity contribution in [2.45, 2.75) is 5.57 Å². The van der Waals surface area contributed by atoms with Crippen molar-refractivity contribution in [3.8, 4) is 28.1 Å². The van der Waals surface area contributed by atoms with Crippen LogP contribution in [0.2, 0.25) is 0 Å². The highest BCUT2D eigenvalue weighted by Crippen LogP contribution is 2.31. The Kier molecular flexibility index (Phi) is 5.78. The number of carbonyl (C=O) groups excluding carboxylic acids is 1. The van der Waals surface area contributed by atoms with Gasteiger partial charge in [0.05, 0.1) is 17.5 Å². The SMILES string of the molecule is Cn1cc(-c2ncc(C(=O)Nc3ccc(OC(F)(F)Cl)cc3)cc2-c2cncnc2)cn1. The molecule has 0 fully saturated rings. The fourth-order valence-corrected chi connectivity index (χ4v) is 3.05. The second-order valence-electron chi connectivity index (χ2n) is 6.68. The molecule has 0 spiro atoms. The molecule has 1 aromatic carbocycles. The lowest BCUT2D eigenvalue weighted by Crippen LogP contribution is -2.16. The van der Waals surface area contributed by atoms with E-state index in [0.717, 1.165) is 5.56 Å². The van der Waals surface area contributed by atoms with E-state index in [-0.39, 0.29) is 11.3 Å². The number of nitrogens with zero attached hydrogens (tertiary/aromatic N) is 5. The number of amides is 1. The van der Waals surface area contributed by atoms with Gasteiger partial charge in [-0.05, 0) is 30.3 Å². The number of carbonyl (C=O) groups is 1. The van der Waals surface area contributed by atoms with Gasteiger partial charge >= 0.3 is 5.57 Å². The molecule has 0 radical (unpaired) electrons. The molecule has 0 aliphatic rings. The Balaban J connectivity index is 1.62. The molecule has 0 bridgehead atoms. The molecule has 3 heterocycles. The van der Waals surface area contributed by atoms with Crippen molar-refractivity contribution in [2.24, 2.45) is 7.05 Å². The zero-order valence-electron chi connectivity index (χ0n) is 16.5. The third-order valence-corrected chi connectivity index (χ3v) is 4.42. The summed E-state index contributed by atoms with van der Waals surface area (Å²) in [4.78, 5) is 25.3. The summed E-state index contributed by atoms with van der Waals surface area (Å²) in [5.74, 6) is -0.582. The largest absolute Gasteiger partial charge is 0.487 e. The zero-order valence-corrected chi connectivity index (χ0v) is 17.3. The Labute approximate surface area is 185 Å². The average Bonchev–Trinajstić information content (AvgIpc) is 3.20. The van der Waals surface area contributed by atoms with E-state index in [1.165, 1.54) is 36.8 Å². The van der Waals surface area contributed by atoms with Gasteiger partial charge in [-0.1, -0.05) is 0 Å². The normalized spacial score (nSPS) is 11.2. The number of halogens is 3. The topological polar surface area (TPSA) is 94.8 Å². The lowest BCUT2D eigenvalue weighted by Gasteiger charge is -2.12. The maximum absolute atomic E-state index is 12.8. The van der Waals surface area contributed by atoms with Crippen molar-refractivity contribution >= 4 is 23.2 Å². The van der Waals surface area contributed by atoms with Gasteiger partial charge in [0.1, 0.15) is 12.1 Å². The van der Waals surface area contributed by atoms with Crippen LogP contribution in [0.1, 0.15) is 10.4 Å². The fourth-order valence-electron chi connectivity index (χ4n) is 2.96. The van der Waals surface area contributed by atoms with E-state index in [2.05, 4.69) is 30.1 Å². The second kappa shape index (κ2) is 8.67. The van der Waals surface area contributed by atoms with Gasteiger partial charge in [0.2, 0.25) is 0 Å². The molecule has 0 saturated carbocycles. The maximum atomic E-state index is 12.8. The van der Waals surface area contributed by atoms with Crippen LogP contribution in [0.25, 0.3) is 22.4 Å². The first-order chi connectivity index (χ1) is 15.3. The van der Waals surface area contributed by atoms with Crippen LogP contribution >= 0.6 is 11.6 Å². The molecule has 162 valence electrons. The molecule has 0 aliphatic heterocycles. The number of alkyl halides is 3. The van der Waals surface area contributed by atoms with Crippen LogP contribution in [0.5, 0.6) is 5.75 Å². The van der Waals surface area contributed by atoms with Gasteiger partial charge < -0.3 is 10.1 Å². The number of ether oxygens (including phenoxy) is 1. The summed E-state index contributed by atoms with van der Waals surface area (Å²) < 4.78 is 31.4. The second-order valence-corrected chi connectivity index (χ2v) is 7.12. The minimum Gasteiger partial charge on any atom is -0.420 e. The Morgan fingerprint density at radius 3 is 2.44 bits per heavy atom. The molecule has 0 saturated heterocycles. The van der Waals surface area contributed by atoms with Crippen molar-refractivity contribution in [1.29, 1.82) is 0 Å². The van der Waals surface area contributed by atoms with Gasteiger partial charge in [0.15, 0.2) is 0 Å². The molecule has 1 N–H and O–H groups in total. The highest BCUT2D eigenvalue weighted by Gasteiger charge is 2.27. The molecule has 4 rings (SSSR count). The molecule has 3 aromatic heterocycles. The highest BCUT2D eigenvalue weighted by molar-refractivity contribution is 6.20. The quantitative estimate of drug-likeness (QED) is 0.433. The summed E-state index contributed by atoms with van der Waals surface area (Å²) in [5, 5.41) is 6.86. The molecular formula is C21H15ClF2N6O2. The molecule has 1 amide bonds. The van der Waals surface area contributed by atoms with Gasteiger partial charge in [-0.3, -0.25) is 14.5 Å². The lowest BCUT2D eigenvalue weighted by molar-refractivity contribution is -0.0964. The average molecular weight is 457 g/mol. The van der Waals surface area contributed by atoms with E-state index in [9.17, 15) is 13.6 Å². The summed E-state index contributed by atoms with van der Waals surface area (Å²) in [6.07, 6.45) is 9.57. The number of anilines is 1. The molecule has 0 aliphatic carbocycles. The summed E-state index contributed by atoms with van der Waals surface area (Å²) in [5.41, 5.74) is -0.441. The van der Waals surface area contributed by atoms with E-state index in [0.29, 0.717) is 22.5 Å². The molecule has 4 aromatic rings. The molecule has 11 heteroatoms. The monoisotopic (exact) mass is 456 g/mol. The number of aryl methyl sites for hydroxylation is 1. The number of nitrogens with one attached hydrogen (secondary N) is 1. The molecule has 8 nitrogen and oxygen atoms in total. The molecular weight excluding hydrogens is 442 g/mol. The van der Waals surface area contributed by atoms with Gasteiger partial charge in [-0.15, -0.1) is 8.78 Å². The van der Waals surface area contributed by atoms with E-state index in [1.807, 2.05) is 6.20 Å². The van der Waals surface area contributed by atoms with Gasteiger partial charge in [-0.25, -0.2) is 9.97 Å². The van der Waals surface area contributed by atoms with Crippen molar-refractivity contribution in [2.75, 3.05) is 5.32 Å². The fraction of sp³-hybridized carbons (Fsp3) is 0.0952. The summed E-state index contributed by atoms with van der Waals surface area (Å²) in [6.45, 7) is 0. The highest BCUT2D eigenvalue weighted by atomic mass is 35.5. The molecule has 0 unspecified atom stereocenters. The Morgan fingerprint density at radius 2 is 1.81 bits per heavy atom. The third kappa shape index (κ3) is 5.03. The third-order valence-electron chi connectivity index (χ3n) is 4.35. The minimum atomic E-state index is -3.82. The van der Waals surface area contributed by atoms with Gasteiger partial charge in [0.25, 0.3) is 5.91 Å². The smallest absolute Gasteiger partial charge is 0.420 e. The number of hydrogen-bond donors (Lipinski definition) is 1. The van der Waals surface area contributed by atoms with E-state index in [4.69, 9.17) is 11.6 Å².